The molecule has 1 atom stereocenters. The Balaban J connectivity index is 2.30. The summed E-state index contributed by atoms with van der Waals surface area (Å²) in [6.07, 6.45) is 0. The lowest BCUT2D eigenvalue weighted by Crippen LogP contribution is -2.27. The van der Waals surface area contributed by atoms with Gasteiger partial charge in [-0.25, -0.2) is 18.1 Å². The monoisotopic (exact) mass is 346 g/mol. The summed E-state index contributed by atoms with van der Waals surface area (Å²) in [5.74, 6) is 0.428. The number of benzene rings is 1. The zero-order chi connectivity index (χ0) is 15.6. The lowest BCUT2D eigenvalue weighted by Gasteiger charge is -2.13. The van der Waals surface area contributed by atoms with Crippen molar-refractivity contribution in [3.63, 3.8) is 0 Å². The number of hydrogen-bond donors (Lipinski definition) is 1. The van der Waals surface area contributed by atoms with E-state index in [0.717, 1.165) is 5.69 Å². The molecule has 1 heterocycles. The zero-order valence-corrected chi connectivity index (χ0v) is 14.1. The van der Waals surface area contributed by atoms with Crippen LogP contribution < -0.4 is 9.46 Å². The summed E-state index contributed by atoms with van der Waals surface area (Å²) in [5, 5.41) is 2.72. The Bertz CT molecular complexity index is 744. The molecule has 0 aliphatic carbocycles. The fourth-order valence-electron chi connectivity index (χ4n) is 1.73. The maximum Gasteiger partial charge on any atom is 0.242 e. The van der Waals surface area contributed by atoms with Gasteiger partial charge in [0, 0.05) is 17.1 Å². The van der Waals surface area contributed by atoms with Crippen LogP contribution in [0.25, 0.3) is 0 Å². The van der Waals surface area contributed by atoms with Gasteiger partial charge < -0.3 is 4.74 Å². The number of sulfonamides is 1. The number of methoxy groups -OCH3 is 1. The second-order valence-electron chi connectivity index (χ2n) is 4.47. The summed E-state index contributed by atoms with van der Waals surface area (Å²) in [5.41, 5.74) is 0.862. The van der Waals surface area contributed by atoms with Crippen molar-refractivity contribution in [2.45, 2.75) is 24.8 Å². The topological polar surface area (TPSA) is 68.3 Å². The summed E-state index contributed by atoms with van der Waals surface area (Å²) in [7, 11) is -2.29. The number of aryl methyl sites for hydroxylation is 1. The fraction of sp³-hybridized carbons (Fsp3) is 0.308. The number of aromatic nitrogens is 1. The van der Waals surface area contributed by atoms with E-state index in [1.165, 1.54) is 30.6 Å². The summed E-state index contributed by atoms with van der Waals surface area (Å²) in [4.78, 5) is 4.27. The molecule has 0 saturated heterocycles. The number of nitrogens with one attached hydrogen (secondary N) is 1. The van der Waals surface area contributed by atoms with Crippen molar-refractivity contribution in [1.82, 2.24) is 9.71 Å². The van der Waals surface area contributed by atoms with Crippen molar-refractivity contribution in [3.8, 4) is 5.75 Å². The SMILES string of the molecule is COc1ccc(Cl)c(S(=O)(=O)NC(C)c2nc(C)cs2)c1. The van der Waals surface area contributed by atoms with Gasteiger partial charge in [0.15, 0.2) is 0 Å². The number of nitrogens with zero attached hydrogens (tertiary/aromatic N) is 1. The van der Waals surface area contributed by atoms with Crippen molar-refractivity contribution < 1.29 is 13.2 Å². The first-order valence-electron chi connectivity index (χ1n) is 6.11. The molecule has 1 aromatic heterocycles. The highest BCUT2D eigenvalue weighted by molar-refractivity contribution is 7.89. The molecule has 2 rings (SSSR count). The molecule has 0 fully saturated rings. The Hall–Kier alpha value is -1.15. The second-order valence-corrected chi connectivity index (χ2v) is 7.45. The van der Waals surface area contributed by atoms with Gasteiger partial charge in [0.1, 0.15) is 15.7 Å². The Morgan fingerprint density at radius 2 is 2.14 bits per heavy atom. The van der Waals surface area contributed by atoms with Crippen molar-refractivity contribution in [2.75, 3.05) is 7.11 Å². The van der Waals surface area contributed by atoms with Gasteiger partial charge in [-0.2, -0.15) is 0 Å². The van der Waals surface area contributed by atoms with Crippen LogP contribution in [-0.4, -0.2) is 20.5 Å². The number of rotatable bonds is 5. The highest BCUT2D eigenvalue weighted by atomic mass is 35.5. The molecule has 21 heavy (non-hydrogen) atoms. The summed E-state index contributed by atoms with van der Waals surface area (Å²) in [6.45, 7) is 3.60. The van der Waals surface area contributed by atoms with E-state index >= 15 is 0 Å². The smallest absolute Gasteiger partial charge is 0.242 e. The van der Waals surface area contributed by atoms with Gasteiger partial charge in [0.2, 0.25) is 10.0 Å². The molecule has 0 aliphatic rings. The van der Waals surface area contributed by atoms with Crippen LogP contribution in [0.15, 0.2) is 28.5 Å². The molecule has 0 bridgehead atoms. The normalized spacial score (nSPS) is 13.1. The first-order chi connectivity index (χ1) is 9.83. The van der Waals surface area contributed by atoms with Gasteiger partial charge in [-0.3, -0.25) is 0 Å². The molecule has 114 valence electrons. The van der Waals surface area contributed by atoms with Crippen LogP contribution in [0.5, 0.6) is 5.75 Å². The van der Waals surface area contributed by atoms with E-state index in [1.54, 1.807) is 13.0 Å². The minimum Gasteiger partial charge on any atom is -0.497 e. The van der Waals surface area contributed by atoms with Crippen LogP contribution in [0.1, 0.15) is 23.7 Å². The molecule has 8 heteroatoms. The first-order valence-corrected chi connectivity index (χ1v) is 8.85. The highest BCUT2D eigenvalue weighted by Crippen LogP contribution is 2.28. The zero-order valence-electron chi connectivity index (χ0n) is 11.8. The van der Waals surface area contributed by atoms with E-state index in [1.807, 2.05) is 12.3 Å². The van der Waals surface area contributed by atoms with Crippen molar-refractivity contribution in [3.05, 3.63) is 39.3 Å². The molecule has 0 amide bonds. The van der Waals surface area contributed by atoms with Gasteiger partial charge in [-0.1, -0.05) is 11.6 Å². The van der Waals surface area contributed by atoms with E-state index in [4.69, 9.17) is 16.3 Å². The van der Waals surface area contributed by atoms with Gasteiger partial charge >= 0.3 is 0 Å². The third-order valence-electron chi connectivity index (χ3n) is 2.77. The van der Waals surface area contributed by atoms with Crippen LogP contribution >= 0.6 is 22.9 Å². The van der Waals surface area contributed by atoms with Gasteiger partial charge in [-0.05, 0) is 26.0 Å². The Morgan fingerprint density at radius 1 is 1.43 bits per heavy atom. The van der Waals surface area contributed by atoms with Crippen LogP contribution in [-0.2, 0) is 10.0 Å². The lowest BCUT2D eigenvalue weighted by molar-refractivity contribution is 0.413. The quantitative estimate of drug-likeness (QED) is 0.903. The average Bonchev–Trinajstić information content (AvgIpc) is 2.85. The molecule has 2 aromatic rings. The minimum absolute atomic E-state index is 0.0105. The first kappa shape index (κ1) is 16.2. The number of thiazole rings is 1. The number of hydrogen-bond acceptors (Lipinski definition) is 5. The summed E-state index contributed by atoms with van der Waals surface area (Å²) >= 11 is 7.39. The molecule has 1 N–H and O–H groups in total. The maximum absolute atomic E-state index is 12.4. The molecule has 1 aromatic carbocycles. The van der Waals surface area contributed by atoms with E-state index in [0.29, 0.717) is 10.8 Å². The molecule has 0 aliphatic heterocycles. The van der Waals surface area contributed by atoms with E-state index in [2.05, 4.69) is 9.71 Å². The number of halogens is 1. The van der Waals surface area contributed by atoms with Crippen LogP contribution in [0.4, 0.5) is 0 Å². The third-order valence-corrected chi connectivity index (χ3v) is 5.93. The third kappa shape index (κ3) is 3.74. The van der Waals surface area contributed by atoms with E-state index < -0.39 is 16.1 Å². The predicted octanol–water partition coefficient (Wildman–Crippen LogP) is 3.15. The molecule has 0 radical (unpaired) electrons. The maximum atomic E-state index is 12.4. The molecule has 5 nitrogen and oxygen atoms in total. The van der Waals surface area contributed by atoms with Gasteiger partial charge in [0.25, 0.3) is 0 Å². The molecule has 0 spiro atoms. The Morgan fingerprint density at radius 3 is 2.71 bits per heavy atom. The summed E-state index contributed by atoms with van der Waals surface area (Å²) < 4.78 is 32.5. The molecule has 0 saturated carbocycles. The number of ether oxygens (including phenoxy) is 1. The molecule has 1 unspecified atom stereocenters. The van der Waals surface area contributed by atoms with Crippen molar-refractivity contribution in [2.24, 2.45) is 0 Å². The van der Waals surface area contributed by atoms with Gasteiger partial charge in [-0.15, -0.1) is 11.3 Å². The molecular formula is C13H15ClN2O3S2. The Labute approximate surface area is 133 Å². The van der Waals surface area contributed by atoms with Crippen LogP contribution in [0.3, 0.4) is 0 Å². The van der Waals surface area contributed by atoms with Crippen LogP contribution in [0.2, 0.25) is 5.02 Å². The van der Waals surface area contributed by atoms with Gasteiger partial charge in [0.05, 0.1) is 18.2 Å². The molecular weight excluding hydrogens is 332 g/mol. The Kier molecular flexibility index (Phi) is 4.88. The highest BCUT2D eigenvalue weighted by Gasteiger charge is 2.23. The predicted molar refractivity (Wildman–Crippen MR) is 83.6 cm³/mol. The second kappa shape index (κ2) is 6.31. The van der Waals surface area contributed by atoms with E-state index in [-0.39, 0.29) is 9.92 Å². The standard InChI is InChI=1S/C13H15ClN2O3S2/c1-8-7-20-13(15-8)9(2)16-21(17,18)12-6-10(19-3)4-5-11(12)14/h4-7,9,16H,1-3H3. The average molecular weight is 347 g/mol. The van der Waals surface area contributed by atoms with Crippen LogP contribution in [0, 0.1) is 6.92 Å². The van der Waals surface area contributed by atoms with Crippen molar-refractivity contribution in [1.29, 1.82) is 0 Å². The largest absolute Gasteiger partial charge is 0.497 e. The lowest BCUT2D eigenvalue weighted by atomic mass is 10.3. The van der Waals surface area contributed by atoms with Crippen molar-refractivity contribution >= 4 is 33.0 Å². The summed E-state index contributed by atoms with van der Waals surface area (Å²) in [6, 6.07) is 4.06. The fourth-order valence-corrected chi connectivity index (χ4v) is 4.33. The van der Waals surface area contributed by atoms with E-state index in [9.17, 15) is 8.42 Å². The minimum atomic E-state index is -3.76.